The molecule has 0 aliphatic carbocycles. The van der Waals surface area contributed by atoms with Crippen molar-refractivity contribution in [3.05, 3.63) is 26.3 Å². The molecule has 0 aliphatic rings. The second-order valence-electron chi connectivity index (χ2n) is 3.94. The minimum absolute atomic E-state index is 0.0861. The molecule has 110 valence electrons. The van der Waals surface area contributed by atoms with E-state index >= 15 is 0 Å². The van der Waals surface area contributed by atoms with Gasteiger partial charge in [-0.1, -0.05) is 0 Å². The van der Waals surface area contributed by atoms with Crippen molar-refractivity contribution in [2.45, 2.75) is 19.4 Å². The number of aromatic nitrogens is 1. The van der Waals surface area contributed by atoms with E-state index in [1.165, 1.54) is 7.11 Å². The Bertz CT molecular complexity index is 523. The molecule has 0 bridgehead atoms. The first-order valence-electron chi connectivity index (χ1n) is 5.67. The highest BCUT2D eigenvalue weighted by Gasteiger charge is 2.18. The number of methoxy groups -OCH3 is 1. The maximum absolute atomic E-state index is 11.0. The van der Waals surface area contributed by atoms with Crippen LogP contribution in [-0.4, -0.2) is 40.7 Å². The van der Waals surface area contributed by atoms with Gasteiger partial charge in [0.25, 0.3) is 5.69 Å². The van der Waals surface area contributed by atoms with Gasteiger partial charge in [0.1, 0.15) is 12.0 Å². The number of halogens is 1. The molecule has 1 heterocycles. The standard InChI is InChI=1S/C11H14BrN3O5/c1-6-7(15(18)19)5-14-10(9(6)12)13-4-3-8(16)11(17)20-2/h5,8,16H,3-4H2,1-2H3,(H,13,14)/t8-/m0/s1. The topological polar surface area (TPSA) is 115 Å². The molecule has 0 saturated heterocycles. The Kier molecular flexibility index (Phi) is 5.83. The maximum Gasteiger partial charge on any atom is 0.334 e. The summed E-state index contributed by atoms with van der Waals surface area (Å²) in [6.07, 6.45) is 0.0705. The molecule has 2 N–H and O–H groups in total. The quantitative estimate of drug-likeness (QED) is 0.454. The lowest BCUT2D eigenvalue weighted by atomic mass is 10.2. The number of aliphatic hydroxyl groups is 1. The molecule has 9 heteroatoms. The smallest absolute Gasteiger partial charge is 0.334 e. The normalized spacial score (nSPS) is 11.8. The van der Waals surface area contributed by atoms with Crippen LogP contribution in [0, 0.1) is 17.0 Å². The van der Waals surface area contributed by atoms with Crippen LogP contribution < -0.4 is 5.32 Å². The molecule has 8 nitrogen and oxygen atoms in total. The second-order valence-corrected chi connectivity index (χ2v) is 4.74. The number of carbonyl (C=O) groups excluding carboxylic acids is 1. The number of anilines is 1. The lowest BCUT2D eigenvalue weighted by Crippen LogP contribution is -2.24. The molecule has 0 unspecified atom stereocenters. The van der Waals surface area contributed by atoms with Gasteiger partial charge < -0.3 is 15.2 Å². The second kappa shape index (κ2) is 7.15. The Hall–Kier alpha value is -1.74. The molecular formula is C11H14BrN3O5. The number of aliphatic hydroxyl groups excluding tert-OH is 1. The minimum atomic E-state index is -1.22. The van der Waals surface area contributed by atoms with Crippen molar-refractivity contribution in [2.24, 2.45) is 0 Å². The molecule has 1 aromatic heterocycles. The summed E-state index contributed by atoms with van der Waals surface area (Å²) >= 11 is 3.23. The molecular weight excluding hydrogens is 334 g/mol. The van der Waals surface area contributed by atoms with Crippen LogP contribution in [0.1, 0.15) is 12.0 Å². The van der Waals surface area contributed by atoms with Gasteiger partial charge in [0.2, 0.25) is 0 Å². The van der Waals surface area contributed by atoms with Gasteiger partial charge in [-0.2, -0.15) is 0 Å². The molecule has 1 aromatic rings. The average Bonchev–Trinajstić information content (AvgIpc) is 2.42. The highest BCUT2D eigenvalue weighted by Crippen LogP contribution is 2.30. The summed E-state index contributed by atoms with van der Waals surface area (Å²) in [6.45, 7) is 1.86. The third-order valence-electron chi connectivity index (χ3n) is 2.62. The van der Waals surface area contributed by atoms with Gasteiger partial charge in [0.05, 0.1) is 16.5 Å². The monoisotopic (exact) mass is 347 g/mol. The number of hydrogen-bond acceptors (Lipinski definition) is 7. The zero-order valence-corrected chi connectivity index (χ0v) is 12.5. The summed E-state index contributed by atoms with van der Waals surface area (Å²) in [5, 5.41) is 23.0. The fourth-order valence-corrected chi connectivity index (χ4v) is 1.90. The van der Waals surface area contributed by atoms with Gasteiger partial charge in [-0.3, -0.25) is 10.1 Å². The molecule has 1 atom stereocenters. The van der Waals surface area contributed by atoms with Gasteiger partial charge in [0.15, 0.2) is 6.10 Å². The fraction of sp³-hybridized carbons (Fsp3) is 0.455. The van der Waals surface area contributed by atoms with Crippen molar-refractivity contribution in [1.29, 1.82) is 0 Å². The van der Waals surface area contributed by atoms with E-state index < -0.39 is 17.0 Å². The van der Waals surface area contributed by atoms with E-state index in [4.69, 9.17) is 0 Å². The van der Waals surface area contributed by atoms with Crippen LogP contribution in [0.25, 0.3) is 0 Å². The van der Waals surface area contributed by atoms with E-state index in [9.17, 15) is 20.0 Å². The van der Waals surface area contributed by atoms with Crippen LogP contribution in [-0.2, 0) is 9.53 Å². The first-order valence-corrected chi connectivity index (χ1v) is 6.47. The summed E-state index contributed by atoms with van der Waals surface area (Å²) in [7, 11) is 1.19. The number of pyridine rings is 1. The Labute approximate surface area is 123 Å². The van der Waals surface area contributed by atoms with Crippen molar-refractivity contribution >= 4 is 33.4 Å². The number of carbonyl (C=O) groups is 1. The van der Waals surface area contributed by atoms with Crippen molar-refractivity contribution in [3.63, 3.8) is 0 Å². The van der Waals surface area contributed by atoms with E-state index in [0.717, 1.165) is 6.20 Å². The Morgan fingerprint density at radius 2 is 2.35 bits per heavy atom. The number of esters is 1. The third kappa shape index (κ3) is 3.87. The summed E-state index contributed by atoms with van der Waals surface area (Å²) in [4.78, 5) is 25.1. The summed E-state index contributed by atoms with van der Waals surface area (Å²) in [6, 6.07) is 0. The molecule has 20 heavy (non-hydrogen) atoms. The lowest BCUT2D eigenvalue weighted by Gasteiger charge is -2.11. The zero-order chi connectivity index (χ0) is 15.3. The molecule has 0 fully saturated rings. The number of rotatable bonds is 6. The molecule has 0 spiro atoms. The Morgan fingerprint density at radius 3 is 2.90 bits per heavy atom. The number of hydrogen-bond donors (Lipinski definition) is 2. The van der Waals surface area contributed by atoms with Crippen molar-refractivity contribution in [2.75, 3.05) is 19.0 Å². The Balaban J connectivity index is 2.68. The van der Waals surface area contributed by atoms with Gasteiger partial charge in [0, 0.05) is 18.5 Å². The Morgan fingerprint density at radius 1 is 1.70 bits per heavy atom. The molecule has 0 amide bonds. The SMILES string of the molecule is COC(=O)[C@@H](O)CCNc1ncc([N+](=O)[O-])c(C)c1Br. The molecule has 0 aliphatic heterocycles. The average molecular weight is 348 g/mol. The summed E-state index contributed by atoms with van der Waals surface area (Å²) < 4.78 is 4.85. The first-order chi connectivity index (χ1) is 9.38. The minimum Gasteiger partial charge on any atom is -0.467 e. The highest BCUT2D eigenvalue weighted by molar-refractivity contribution is 9.10. The van der Waals surface area contributed by atoms with E-state index in [0.29, 0.717) is 15.9 Å². The summed E-state index contributed by atoms with van der Waals surface area (Å²) in [5.74, 6) is -0.302. The molecule has 0 aromatic carbocycles. The van der Waals surface area contributed by atoms with E-state index in [-0.39, 0.29) is 18.7 Å². The van der Waals surface area contributed by atoms with Crippen LogP contribution in [0.3, 0.4) is 0 Å². The number of nitrogens with one attached hydrogen (secondary N) is 1. The highest BCUT2D eigenvalue weighted by atomic mass is 79.9. The van der Waals surface area contributed by atoms with Crippen LogP contribution in [0.15, 0.2) is 10.7 Å². The van der Waals surface area contributed by atoms with Crippen LogP contribution >= 0.6 is 15.9 Å². The number of nitro groups is 1. The molecule has 1 rings (SSSR count). The number of ether oxygens (including phenoxy) is 1. The third-order valence-corrected chi connectivity index (χ3v) is 3.59. The predicted molar refractivity (Wildman–Crippen MR) is 74.5 cm³/mol. The molecule has 0 saturated carbocycles. The summed E-state index contributed by atoms with van der Waals surface area (Å²) in [5.41, 5.74) is 0.359. The largest absolute Gasteiger partial charge is 0.467 e. The zero-order valence-electron chi connectivity index (χ0n) is 10.9. The number of nitrogens with zero attached hydrogens (tertiary/aromatic N) is 2. The van der Waals surface area contributed by atoms with E-state index in [2.05, 4.69) is 31.0 Å². The van der Waals surface area contributed by atoms with Crippen LogP contribution in [0.4, 0.5) is 11.5 Å². The van der Waals surface area contributed by atoms with Gasteiger partial charge in [-0.15, -0.1) is 0 Å². The van der Waals surface area contributed by atoms with Gasteiger partial charge in [-0.25, -0.2) is 9.78 Å². The van der Waals surface area contributed by atoms with Crippen molar-refractivity contribution < 1.29 is 19.6 Å². The fourth-order valence-electron chi connectivity index (χ4n) is 1.46. The van der Waals surface area contributed by atoms with E-state index in [1.54, 1.807) is 6.92 Å². The maximum atomic E-state index is 11.0. The van der Waals surface area contributed by atoms with E-state index in [1.807, 2.05) is 0 Å². The van der Waals surface area contributed by atoms with Crippen LogP contribution in [0.5, 0.6) is 0 Å². The van der Waals surface area contributed by atoms with Gasteiger partial charge >= 0.3 is 5.97 Å². The predicted octanol–water partition coefficient (Wildman–Crippen LogP) is 1.40. The van der Waals surface area contributed by atoms with Crippen molar-refractivity contribution in [3.8, 4) is 0 Å². The van der Waals surface area contributed by atoms with Crippen molar-refractivity contribution in [1.82, 2.24) is 4.98 Å². The lowest BCUT2D eigenvalue weighted by molar-refractivity contribution is -0.385. The van der Waals surface area contributed by atoms with Gasteiger partial charge in [-0.05, 0) is 22.9 Å². The van der Waals surface area contributed by atoms with Crippen LogP contribution in [0.2, 0.25) is 0 Å². The first kappa shape index (κ1) is 16.3. The molecule has 0 radical (unpaired) electrons.